The monoisotopic (exact) mass is 229 g/mol. The van der Waals surface area contributed by atoms with E-state index in [-0.39, 0.29) is 5.91 Å². The van der Waals surface area contributed by atoms with Crippen molar-refractivity contribution in [2.24, 2.45) is 0 Å². The van der Waals surface area contributed by atoms with Crippen LogP contribution in [0.1, 0.15) is 6.92 Å². The number of pyridine rings is 2. The second kappa shape index (κ2) is 5.07. The van der Waals surface area contributed by atoms with Crippen molar-refractivity contribution >= 4 is 11.6 Å². The molecule has 0 bridgehead atoms. The molecule has 0 spiro atoms. The molecule has 2 aromatic rings. The summed E-state index contributed by atoms with van der Waals surface area (Å²) >= 11 is 0. The lowest BCUT2D eigenvalue weighted by Gasteiger charge is -2.05. The van der Waals surface area contributed by atoms with Crippen LogP contribution < -0.4 is 10.1 Å². The Hall–Kier alpha value is -2.43. The number of rotatable bonds is 3. The molecule has 0 saturated carbocycles. The Kier molecular flexibility index (Phi) is 3.30. The molecule has 2 aromatic heterocycles. The highest BCUT2D eigenvalue weighted by molar-refractivity contribution is 5.88. The molecule has 0 unspecified atom stereocenters. The van der Waals surface area contributed by atoms with Gasteiger partial charge in [0, 0.05) is 19.2 Å². The Balaban J connectivity index is 2.06. The molecule has 5 nitrogen and oxygen atoms in total. The molecule has 0 radical (unpaired) electrons. The first-order valence-electron chi connectivity index (χ1n) is 5.05. The molecule has 86 valence electrons. The van der Waals surface area contributed by atoms with Gasteiger partial charge in [-0.25, -0.2) is 4.98 Å². The van der Waals surface area contributed by atoms with E-state index >= 15 is 0 Å². The van der Waals surface area contributed by atoms with Gasteiger partial charge in [-0.3, -0.25) is 9.78 Å². The van der Waals surface area contributed by atoms with Crippen molar-refractivity contribution in [1.29, 1.82) is 0 Å². The molecule has 0 fully saturated rings. The largest absolute Gasteiger partial charge is 0.437 e. The van der Waals surface area contributed by atoms with E-state index in [1.165, 1.54) is 13.1 Å². The summed E-state index contributed by atoms with van der Waals surface area (Å²) in [5.74, 6) is 0.937. The Labute approximate surface area is 98.5 Å². The number of hydrogen-bond acceptors (Lipinski definition) is 4. The second-order valence-corrected chi connectivity index (χ2v) is 3.36. The molecule has 5 heteroatoms. The number of carbonyl (C=O) groups is 1. The maximum atomic E-state index is 10.8. The molecule has 0 aromatic carbocycles. The number of amides is 1. The molecule has 0 atom stereocenters. The van der Waals surface area contributed by atoms with Gasteiger partial charge in [-0.15, -0.1) is 0 Å². The Morgan fingerprint density at radius 2 is 2.18 bits per heavy atom. The first kappa shape index (κ1) is 11.1. The number of carbonyl (C=O) groups excluding carboxylic acids is 1. The summed E-state index contributed by atoms with van der Waals surface area (Å²) in [4.78, 5) is 18.8. The van der Waals surface area contributed by atoms with Gasteiger partial charge in [0.2, 0.25) is 11.8 Å². The summed E-state index contributed by atoms with van der Waals surface area (Å²) < 4.78 is 5.45. The minimum atomic E-state index is -0.132. The number of ether oxygens (including phenoxy) is 1. The van der Waals surface area contributed by atoms with Crippen LogP contribution in [-0.4, -0.2) is 15.9 Å². The van der Waals surface area contributed by atoms with E-state index in [1.807, 2.05) is 0 Å². The lowest BCUT2D eigenvalue weighted by atomic mass is 10.4. The average molecular weight is 229 g/mol. The summed E-state index contributed by atoms with van der Waals surface area (Å²) in [7, 11) is 0. The van der Waals surface area contributed by atoms with Gasteiger partial charge in [-0.2, -0.15) is 0 Å². The smallest absolute Gasteiger partial charge is 0.221 e. The van der Waals surface area contributed by atoms with Gasteiger partial charge in [0.05, 0.1) is 18.1 Å². The molecule has 2 heterocycles. The number of anilines is 1. The second-order valence-electron chi connectivity index (χ2n) is 3.36. The SMILES string of the molecule is CC(=O)Nc1ccc(Oc2cccnc2)nc1. The van der Waals surface area contributed by atoms with E-state index in [0.717, 1.165) is 0 Å². The lowest BCUT2D eigenvalue weighted by molar-refractivity contribution is -0.114. The van der Waals surface area contributed by atoms with E-state index in [9.17, 15) is 4.79 Å². The zero-order valence-electron chi connectivity index (χ0n) is 9.25. The Morgan fingerprint density at radius 1 is 1.29 bits per heavy atom. The van der Waals surface area contributed by atoms with E-state index in [4.69, 9.17) is 4.74 Å². The number of nitrogens with zero attached hydrogens (tertiary/aromatic N) is 2. The molecular weight excluding hydrogens is 218 g/mol. The highest BCUT2D eigenvalue weighted by Crippen LogP contribution is 2.18. The summed E-state index contributed by atoms with van der Waals surface area (Å²) in [5.41, 5.74) is 0.635. The molecule has 1 amide bonds. The van der Waals surface area contributed by atoms with Crippen LogP contribution in [0.15, 0.2) is 42.9 Å². The van der Waals surface area contributed by atoms with E-state index in [2.05, 4.69) is 15.3 Å². The van der Waals surface area contributed by atoms with Gasteiger partial charge in [-0.05, 0) is 18.2 Å². The van der Waals surface area contributed by atoms with Crippen molar-refractivity contribution < 1.29 is 9.53 Å². The summed E-state index contributed by atoms with van der Waals surface area (Å²) in [6.07, 6.45) is 4.80. The van der Waals surface area contributed by atoms with Crippen LogP contribution in [0, 0.1) is 0 Å². The van der Waals surface area contributed by atoms with Crippen molar-refractivity contribution in [1.82, 2.24) is 9.97 Å². The summed E-state index contributed by atoms with van der Waals surface area (Å²) in [5, 5.41) is 2.63. The van der Waals surface area contributed by atoms with Crippen molar-refractivity contribution in [2.75, 3.05) is 5.32 Å². The maximum Gasteiger partial charge on any atom is 0.221 e. The fourth-order valence-corrected chi connectivity index (χ4v) is 1.25. The third kappa shape index (κ3) is 3.27. The van der Waals surface area contributed by atoms with Crippen molar-refractivity contribution in [3.8, 4) is 11.6 Å². The van der Waals surface area contributed by atoms with E-state index in [0.29, 0.717) is 17.3 Å². The van der Waals surface area contributed by atoms with Crippen LogP contribution in [0.2, 0.25) is 0 Å². The first-order valence-corrected chi connectivity index (χ1v) is 5.05. The highest BCUT2D eigenvalue weighted by atomic mass is 16.5. The number of nitrogens with one attached hydrogen (secondary N) is 1. The summed E-state index contributed by atoms with van der Waals surface area (Å²) in [6, 6.07) is 6.97. The normalized spacial score (nSPS) is 9.71. The zero-order valence-corrected chi connectivity index (χ0v) is 9.25. The standard InChI is InChI=1S/C12H11N3O2/c1-9(16)15-10-4-5-12(14-7-10)17-11-3-2-6-13-8-11/h2-8H,1H3,(H,15,16). The van der Waals surface area contributed by atoms with Crippen LogP contribution in [0.25, 0.3) is 0 Å². The van der Waals surface area contributed by atoms with Gasteiger partial charge in [0.25, 0.3) is 0 Å². The molecule has 0 aliphatic rings. The quantitative estimate of drug-likeness (QED) is 0.876. The zero-order chi connectivity index (χ0) is 12.1. The number of hydrogen-bond donors (Lipinski definition) is 1. The first-order chi connectivity index (χ1) is 8.24. The minimum absolute atomic E-state index is 0.132. The molecule has 0 saturated heterocycles. The third-order valence-corrected chi connectivity index (χ3v) is 1.91. The summed E-state index contributed by atoms with van der Waals surface area (Å²) in [6.45, 7) is 1.44. The van der Waals surface area contributed by atoms with Crippen LogP contribution in [0.4, 0.5) is 5.69 Å². The Morgan fingerprint density at radius 3 is 2.76 bits per heavy atom. The topological polar surface area (TPSA) is 64.1 Å². The predicted molar refractivity (Wildman–Crippen MR) is 62.9 cm³/mol. The van der Waals surface area contributed by atoms with Crippen LogP contribution >= 0.6 is 0 Å². The molecule has 0 aliphatic carbocycles. The van der Waals surface area contributed by atoms with E-state index < -0.39 is 0 Å². The molecule has 17 heavy (non-hydrogen) atoms. The van der Waals surface area contributed by atoms with Crippen molar-refractivity contribution in [3.63, 3.8) is 0 Å². The minimum Gasteiger partial charge on any atom is -0.437 e. The molecule has 2 rings (SSSR count). The molecule has 0 aliphatic heterocycles. The van der Waals surface area contributed by atoms with Crippen molar-refractivity contribution in [2.45, 2.75) is 6.92 Å². The van der Waals surface area contributed by atoms with Gasteiger partial charge >= 0.3 is 0 Å². The van der Waals surface area contributed by atoms with Crippen LogP contribution in [0.3, 0.4) is 0 Å². The number of aromatic nitrogens is 2. The van der Waals surface area contributed by atoms with Gasteiger partial charge in [0.15, 0.2) is 0 Å². The van der Waals surface area contributed by atoms with Crippen LogP contribution in [-0.2, 0) is 4.79 Å². The molecule has 1 N–H and O–H groups in total. The highest BCUT2D eigenvalue weighted by Gasteiger charge is 1.99. The average Bonchev–Trinajstić information content (AvgIpc) is 2.32. The Bertz CT molecular complexity index is 497. The van der Waals surface area contributed by atoms with E-state index in [1.54, 1.807) is 36.7 Å². The van der Waals surface area contributed by atoms with Crippen LogP contribution in [0.5, 0.6) is 11.6 Å². The predicted octanol–water partition coefficient (Wildman–Crippen LogP) is 2.23. The van der Waals surface area contributed by atoms with Gasteiger partial charge in [-0.1, -0.05) is 0 Å². The molecular formula is C12H11N3O2. The maximum absolute atomic E-state index is 10.8. The lowest BCUT2D eigenvalue weighted by Crippen LogP contribution is -2.05. The fraction of sp³-hybridized carbons (Fsp3) is 0.0833. The fourth-order valence-electron chi connectivity index (χ4n) is 1.25. The third-order valence-electron chi connectivity index (χ3n) is 1.91. The van der Waals surface area contributed by atoms with Gasteiger partial charge < -0.3 is 10.1 Å². The van der Waals surface area contributed by atoms with Gasteiger partial charge in [0.1, 0.15) is 5.75 Å². The van der Waals surface area contributed by atoms with Crippen molar-refractivity contribution in [3.05, 3.63) is 42.9 Å².